The third-order valence-corrected chi connectivity index (χ3v) is 6.82. The van der Waals surface area contributed by atoms with Crippen LogP contribution in [0.5, 0.6) is 0 Å². The number of aromatic nitrogens is 4. The highest BCUT2D eigenvalue weighted by molar-refractivity contribution is 5.92. The summed E-state index contributed by atoms with van der Waals surface area (Å²) in [5.41, 5.74) is 2.88. The van der Waals surface area contributed by atoms with Crippen molar-refractivity contribution in [1.29, 1.82) is 10.5 Å². The fraction of sp³-hybridized carbons (Fsp3) is 0.259. The summed E-state index contributed by atoms with van der Waals surface area (Å²) < 4.78 is 15.1. The number of piperazine rings is 1. The van der Waals surface area contributed by atoms with Crippen LogP contribution >= 0.6 is 0 Å². The molecule has 184 valence electrons. The minimum Gasteiger partial charge on any atom is -0.366 e. The van der Waals surface area contributed by atoms with E-state index in [1.807, 2.05) is 11.0 Å². The van der Waals surface area contributed by atoms with E-state index in [2.05, 4.69) is 32.8 Å². The van der Waals surface area contributed by atoms with Crippen LogP contribution in [0, 0.1) is 28.5 Å². The lowest BCUT2D eigenvalue weighted by Crippen LogP contribution is -2.54. The maximum absolute atomic E-state index is 13.7. The third-order valence-electron chi connectivity index (χ3n) is 6.82. The molecule has 0 N–H and O–H groups in total. The fourth-order valence-electron chi connectivity index (χ4n) is 5.05. The summed E-state index contributed by atoms with van der Waals surface area (Å²) in [6, 6.07) is 13.4. The van der Waals surface area contributed by atoms with E-state index in [9.17, 15) is 19.7 Å². The summed E-state index contributed by atoms with van der Waals surface area (Å²) in [7, 11) is 1.60. The van der Waals surface area contributed by atoms with Crippen LogP contribution in [0.2, 0.25) is 0 Å². The van der Waals surface area contributed by atoms with Crippen LogP contribution in [0.25, 0.3) is 11.0 Å². The molecule has 1 saturated heterocycles. The molecular weight excluding hydrogens is 471 g/mol. The van der Waals surface area contributed by atoms with Crippen molar-refractivity contribution in [2.45, 2.75) is 19.0 Å². The van der Waals surface area contributed by atoms with Crippen molar-refractivity contribution in [3.63, 3.8) is 0 Å². The number of hydrogen-bond donors (Lipinski definition) is 0. The van der Waals surface area contributed by atoms with Gasteiger partial charge >= 0.3 is 0 Å². The van der Waals surface area contributed by atoms with Gasteiger partial charge in [0.15, 0.2) is 0 Å². The summed E-state index contributed by atoms with van der Waals surface area (Å²) in [5.74, 6) is -0.315. The van der Waals surface area contributed by atoms with E-state index in [1.165, 1.54) is 16.7 Å². The third kappa shape index (κ3) is 4.28. The van der Waals surface area contributed by atoms with Crippen LogP contribution in [-0.4, -0.2) is 50.1 Å². The Morgan fingerprint density at radius 1 is 1.08 bits per heavy atom. The topological polar surface area (TPSA) is 115 Å². The SMILES string of the molecule is C[C@@H]1CN(c2c(C#N)c(=O)n(C)c3ccc(C#N)nc23)CCN1C(c1ccc(F)cc1)c1cnccn1. The fourth-order valence-corrected chi connectivity index (χ4v) is 5.05. The van der Waals surface area contributed by atoms with Gasteiger partial charge in [-0.25, -0.2) is 9.37 Å². The van der Waals surface area contributed by atoms with Gasteiger partial charge in [-0.05, 0) is 36.8 Å². The summed E-state index contributed by atoms with van der Waals surface area (Å²) >= 11 is 0. The predicted octanol–water partition coefficient (Wildman–Crippen LogP) is 2.91. The summed E-state index contributed by atoms with van der Waals surface area (Å²) in [6.07, 6.45) is 4.96. The van der Waals surface area contributed by atoms with Crippen molar-refractivity contribution in [2.24, 2.45) is 7.05 Å². The molecule has 37 heavy (non-hydrogen) atoms. The minimum atomic E-state index is -0.407. The first-order chi connectivity index (χ1) is 17.9. The second-order valence-corrected chi connectivity index (χ2v) is 8.99. The molecule has 0 saturated carbocycles. The molecule has 3 aromatic heterocycles. The number of fused-ring (bicyclic) bond motifs is 1. The van der Waals surface area contributed by atoms with E-state index in [-0.39, 0.29) is 29.2 Å². The zero-order chi connectivity index (χ0) is 26.1. The Bertz CT molecular complexity index is 1610. The molecule has 0 bridgehead atoms. The van der Waals surface area contributed by atoms with Crippen molar-refractivity contribution < 1.29 is 4.39 Å². The molecule has 1 aliphatic heterocycles. The number of anilines is 1. The van der Waals surface area contributed by atoms with E-state index in [4.69, 9.17) is 0 Å². The molecule has 1 aliphatic rings. The smallest absolute Gasteiger partial charge is 0.270 e. The second kappa shape index (κ2) is 9.76. The van der Waals surface area contributed by atoms with E-state index in [1.54, 1.807) is 49.9 Å². The van der Waals surface area contributed by atoms with Gasteiger partial charge < -0.3 is 9.47 Å². The Morgan fingerprint density at radius 2 is 1.86 bits per heavy atom. The number of hydrogen-bond acceptors (Lipinski definition) is 8. The van der Waals surface area contributed by atoms with Crippen LogP contribution in [0.1, 0.15) is 35.5 Å². The molecule has 4 heterocycles. The van der Waals surface area contributed by atoms with Crippen LogP contribution in [0.4, 0.5) is 10.1 Å². The van der Waals surface area contributed by atoms with Gasteiger partial charge in [-0.15, -0.1) is 0 Å². The molecular formula is C27H23FN8O. The molecule has 0 spiro atoms. The highest BCUT2D eigenvalue weighted by Gasteiger charge is 2.34. The Kier molecular flexibility index (Phi) is 6.34. The zero-order valence-electron chi connectivity index (χ0n) is 20.3. The predicted molar refractivity (Wildman–Crippen MR) is 135 cm³/mol. The Balaban J connectivity index is 1.56. The lowest BCUT2D eigenvalue weighted by Gasteiger charge is -2.44. The largest absolute Gasteiger partial charge is 0.366 e. The number of nitrogens with zero attached hydrogens (tertiary/aromatic N) is 8. The summed E-state index contributed by atoms with van der Waals surface area (Å²) in [4.78, 5) is 30.6. The summed E-state index contributed by atoms with van der Waals surface area (Å²) in [5, 5.41) is 19.3. The molecule has 0 radical (unpaired) electrons. The number of halogens is 1. The van der Waals surface area contributed by atoms with E-state index < -0.39 is 5.56 Å². The Morgan fingerprint density at radius 3 is 2.51 bits per heavy atom. The molecule has 5 rings (SSSR count). The van der Waals surface area contributed by atoms with E-state index in [0.29, 0.717) is 36.4 Å². The van der Waals surface area contributed by atoms with Gasteiger partial charge in [0.2, 0.25) is 0 Å². The standard InChI is InChI=1S/C27H23FN8O/c1-17-16-35(26-21(14-30)27(37)34(2)23-8-7-20(13-29)33-24(23)26)11-12-36(17)25(22-15-31-9-10-32-22)18-3-5-19(28)6-4-18/h3-10,15,17,25H,11-12,16H2,1-2H3/t17-,25?/m1/s1. The van der Waals surface area contributed by atoms with Gasteiger partial charge in [0, 0.05) is 45.1 Å². The summed E-state index contributed by atoms with van der Waals surface area (Å²) in [6.45, 7) is 3.62. The number of aryl methyl sites for hydroxylation is 1. The average molecular weight is 495 g/mol. The molecule has 0 aliphatic carbocycles. The van der Waals surface area contributed by atoms with Gasteiger partial charge in [-0.1, -0.05) is 12.1 Å². The monoisotopic (exact) mass is 494 g/mol. The lowest BCUT2D eigenvalue weighted by atomic mass is 9.98. The van der Waals surface area contributed by atoms with Gasteiger partial charge in [0.05, 0.1) is 29.1 Å². The van der Waals surface area contributed by atoms with Gasteiger partial charge in [0.1, 0.15) is 34.7 Å². The Hall–Kier alpha value is -4.67. The molecule has 0 amide bonds. The van der Waals surface area contributed by atoms with Gasteiger partial charge in [-0.3, -0.25) is 19.7 Å². The normalized spacial score (nSPS) is 16.8. The van der Waals surface area contributed by atoms with Gasteiger partial charge in [-0.2, -0.15) is 10.5 Å². The highest BCUT2D eigenvalue weighted by atomic mass is 19.1. The first-order valence-electron chi connectivity index (χ1n) is 11.8. The molecule has 1 fully saturated rings. The van der Waals surface area contributed by atoms with Crippen molar-refractivity contribution in [1.82, 2.24) is 24.4 Å². The number of pyridine rings is 2. The van der Waals surface area contributed by atoms with Crippen LogP contribution < -0.4 is 10.5 Å². The minimum absolute atomic E-state index is 0.00208. The number of rotatable bonds is 4. The quantitative estimate of drug-likeness (QED) is 0.425. The van der Waals surface area contributed by atoms with Crippen molar-refractivity contribution in [3.8, 4) is 12.1 Å². The first kappa shape index (κ1) is 24.0. The molecule has 1 unspecified atom stereocenters. The molecule has 9 nitrogen and oxygen atoms in total. The van der Waals surface area contributed by atoms with E-state index >= 15 is 0 Å². The molecule has 1 aromatic carbocycles. The van der Waals surface area contributed by atoms with E-state index in [0.717, 1.165) is 11.3 Å². The van der Waals surface area contributed by atoms with Crippen LogP contribution in [0.15, 0.2) is 59.8 Å². The van der Waals surface area contributed by atoms with Crippen molar-refractivity contribution in [2.75, 3.05) is 24.5 Å². The Labute approximate surface area is 212 Å². The van der Waals surface area contributed by atoms with Crippen LogP contribution in [0.3, 0.4) is 0 Å². The number of benzene rings is 1. The molecule has 10 heteroatoms. The van der Waals surface area contributed by atoms with Crippen molar-refractivity contribution in [3.05, 3.63) is 93.7 Å². The average Bonchev–Trinajstić information content (AvgIpc) is 2.93. The van der Waals surface area contributed by atoms with Crippen molar-refractivity contribution >= 4 is 16.7 Å². The lowest BCUT2D eigenvalue weighted by molar-refractivity contribution is 0.147. The maximum atomic E-state index is 13.7. The van der Waals surface area contributed by atoms with Gasteiger partial charge in [0.25, 0.3) is 5.56 Å². The zero-order valence-corrected chi connectivity index (χ0v) is 20.3. The molecule has 4 aromatic rings. The second-order valence-electron chi connectivity index (χ2n) is 8.99. The highest BCUT2D eigenvalue weighted by Crippen LogP contribution is 2.34. The first-order valence-corrected chi connectivity index (χ1v) is 11.8. The maximum Gasteiger partial charge on any atom is 0.270 e. The molecule has 2 atom stereocenters. The van der Waals surface area contributed by atoms with Crippen LogP contribution in [-0.2, 0) is 7.05 Å². The number of nitriles is 2.